The summed E-state index contributed by atoms with van der Waals surface area (Å²) in [7, 11) is 0.439. The molecule has 1 unspecified atom stereocenters. The molecule has 1 aromatic carbocycles. The third-order valence-corrected chi connectivity index (χ3v) is 7.37. The third-order valence-electron chi connectivity index (χ3n) is 6.18. The van der Waals surface area contributed by atoms with E-state index >= 15 is 0 Å². The topological polar surface area (TPSA) is 82.2 Å². The molecule has 1 atom stereocenters. The van der Waals surface area contributed by atoms with Crippen LogP contribution in [0.4, 0.5) is 5.82 Å². The summed E-state index contributed by atoms with van der Waals surface area (Å²) < 4.78 is 28.6. The number of rotatable bonds is 7. The van der Waals surface area contributed by atoms with Crippen LogP contribution in [0.3, 0.4) is 0 Å². The lowest BCUT2D eigenvalue weighted by Gasteiger charge is -2.54. The zero-order valence-electron chi connectivity index (χ0n) is 15.9. The first kappa shape index (κ1) is 17.7. The van der Waals surface area contributed by atoms with E-state index in [-0.39, 0.29) is 0 Å². The quantitative estimate of drug-likeness (QED) is 0.653. The lowest BCUT2D eigenvalue weighted by molar-refractivity contribution is -0.0143. The molecule has 2 aliphatic rings. The molecule has 2 saturated carbocycles. The Balaban J connectivity index is 1.31. The number of anilines is 1. The van der Waals surface area contributed by atoms with Crippen LogP contribution in [0.15, 0.2) is 35.1 Å². The van der Waals surface area contributed by atoms with Crippen molar-refractivity contribution in [3.05, 3.63) is 36.2 Å². The summed E-state index contributed by atoms with van der Waals surface area (Å²) in [5, 5.41) is 9.06. The summed E-state index contributed by atoms with van der Waals surface area (Å²) in [4.78, 5) is 0. The van der Waals surface area contributed by atoms with Gasteiger partial charge in [-0.3, -0.25) is 9.40 Å². The largest absolute Gasteiger partial charge is 0.496 e. The predicted molar refractivity (Wildman–Crippen MR) is 108 cm³/mol. The second-order valence-corrected chi connectivity index (χ2v) is 9.38. The molecule has 0 saturated heterocycles. The highest BCUT2D eigenvalue weighted by Gasteiger charge is 2.48. The molecule has 2 heterocycles. The molecule has 2 fully saturated rings. The van der Waals surface area contributed by atoms with E-state index in [4.69, 9.17) is 9.26 Å². The van der Waals surface area contributed by atoms with Crippen LogP contribution in [0.5, 0.6) is 5.75 Å². The predicted octanol–water partition coefficient (Wildman–Crippen LogP) is 3.74. The zero-order valence-corrected chi connectivity index (χ0v) is 16.7. The van der Waals surface area contributed by atoms with Crippen molar-refractivity contribution in [3.8, 4) is 5.75 Å². The Morgan fingerprint density at radius 3 is 2.93 bits per heavy atom. The monoisotopic (exact) mass is 400 g/mol. The lowest BCUT2D eigenvalue weighted by atomic mass is 9.52. The van der Waals surface area contributed by atoms with Gasteiger partial charge in [-0.25, -0.2) is 4.21 Å². The molecular weight excluding hydrogens is 376 g/mol. The van der Waals surface area contributed by atoms with Gasteiger partial charge in [-0.1, -0.05) is 11.6 Å². The minimum absolute atomic E-state index is 0.480. The van der Waals surface area contributed by atoms with Crippen LogP contribution in [-0.2, 0) is 17.5 Å². The maximum Gasteiger partial charge on any atom is 0.192 e. The van der Waals surface area contributed by atoms with Gasteiger partial charge in [0, 0.05) is 18.1 Å². The highest BCUT2D eigenvalue weighted by atomic mass is 32.2. The van der Waals surface area contributed by atoms with Gasteiger partial charge in [0.05, 0.1) is 13.7 Å². The summed E-state index contributed by atoms with van der Waals surface area (Å²) in [6, 6.07) is 5.75. The molecule has 3 aromatic rings. The Hall–Kier alpha value is -2.35. The second kappa shape index (κ2) is 6.92. The average molecular weight is 401 g/mol. The Morgan fingerprint density at radius 1 is 1.39 bits per heavy atom. The van der Waals surface area contributed by atoms with E-state index in [1.807, 2.05) is 29.1 Å². The molecule has 2 aliphatic carbocycles. The number of hydrogen-bond donors (Lipinski definition) is 1. The Morgan fingerprint density at radius 2 is 2.25 bits per heavy atom. The van der Waals surface area contributed by atoms with Crippen molar-refractivity contribution in [2.24, 2.45) is 11.3 Å². The number of ether oxygens (including phenoxy) is 1. The maximum atomic E-state index is 12.6. The molecule has 0 radical (unpaired) electrons. The second-order valence-electron chi connectivity index (χ2n) is 8.15. The summed E-state index contributed by atoms with van der Waals surface area (Å²) >= 11 is 0. The molecule has 8 heteroatoms. The van der Waals surface area contributed by atoms with E-state index in [0.717, 1.165) is 10.9 Å². The fourth-order valence-corrected chi connectivity index (χ4v) is 5.83. The van der Waals surface area contributed by atoms with Gasteiger partial charge >= 0.3 is 0 Å². The fourth-order valence-electron chi connectivity index (χ4n) is 4.72. The van der Waals surface area contributed by atoms with E-state index in [9.17, 15) is 4.21 Å². The van der Waals surface area contributed by atoms with E-state index in [1.54, 1.807) is 13.3 Å². The summed E-state index contributed by atoms with van der Waals surface area (Å²) in [6.07, 6.45) is 10.2. The number of nitrogens with one attached hydrogen (secondary N) is 1. The first-order chi connectivity index (χ1) is 13.6. The highest BCUT2D eigenvalue weighted by molar-refractivity contribution is 7.86. The van der Waals surface area contributed by atoms with Gasteiger partial charge in [-0.2, -0.15) is 5.10 Å². The number of nitrogens with zero attached hydrogens (tertiary/aromatic N) is 3. The van der Waals surface area contributed by atoms with E-state index in [1.165, 1.54) is 32.1 Å². The molecule has 2 aromatic heterocycles. The minimum atomic E-state index is -1.18. The van der Waals surface area contributed by atoms with E-state index in [2.05, 4.69) is 15.0 Å². The molecular formula is C20H24N4O3S. The molecule has 0 aliphatic heterocycles. The summed E-state index contributed by atoms with van der Waals surface area (Å²) in [5.41, 5.74) is 2.21. The number of methoxy groups -OCH3 is 1. The molecule has 5 rings (SSSR count). The normalized spacial score (nSPS) is 19.3. The first-order valence-corrected chi connectivity index (χ1v) is 11.0. The van der Waals surface area contributed by atoms with Crippen molar-refractivity contribution >= 4 is 27.8 Å². The maximum absolute atomic E-state index is 12.6. The van der Waals surface area contributed by atoms with Crippen LogP contribution in [0.2, 0.25) is 0 Å². The molecule has 28 heavy (non-hydrogen) atoms. The van der Waals surface area contributed by atoms with Crippen molar-refractivity contribution in [1.82, 2.24) is 14.9 Å². The van der Waals surface area contributed by atoms with Crippen molar-refractivity contribution in [2.45, 2.75) is 38.6 Å². The number of fused-ring (bicyclic) bond motifs is 1. The van der Waals surface area contributed by atoms with Gasteiger partial charge in [0.2, 0.25) is 0 Å². The molecule has 0 amide bonds. The SMILES string of the molecule is COc1cc(Cn2cccn2)cc2onc(NS(=O)CC3CC4(CCC4)C3)c12. The number of hydrogen-bond acceptors (Lipinski definition) is 5. The number of aromatic nitrogens is 3. The third kappa shape index (κ3) is 3.19. The van der Waals surface area contributed by atoms with E-state index < -0.39 is 11.0 Å². The van der Waals surface area contributed by atoms with Crippen LogP contribution in [0.25, 0.3) is 11.0 Å². The van der Waals surface area contributed by atoms with E-state index in [0.29, 0.717) is 40.8 Å². The fraction of sp³-hybridized carbons (Fsp3) is 0.500. The Kier molecular flexibility index (Phi) is 4.38. The van der Waals surface area contributed by atoms with Crippen molar-refractivity contribution < 1.29 is 13.5 Å². The molecule has 1 spiro atoms. The van der Waals surface area contributed by atoms with Crippen LogP contribution in [0, 0.1) is 11.3 Å². The van der Waals surface area contributed by atoms with Crippen molar-refractivity contribution in [3.63, 3.8) is 0 Å². The summed E-state index contributed by atoms with van der Waals surface area (Å²) in [6.45, 7) is 0.609. The standard InChI is InChI=1S/C20H24N4O3S/c1-26-16-8-14(12-24-7-3-6-21-24)9-17-18(16)19(22-27-17)23-28(25)13-15-10-20(11-15)4-2-5-20/h3,6-9,15H,2,4-5,10-13H2,1H3,(H,22,23). The van der Waals surface area contributed by atoms with Crippen LogP contribution < -0.4 is 9.46 Å². The lowest BCUT2D eigenvalue weighted by Crippen LogP contribution is -2.44. The smallest absolute Gasteiger partial charge is 0.192 e. The Labute approximate surface area is 166 Å². The zero-order chi connectivity index (χ0) is 19.1. The van der Waals surface area contributed by atoms with Crippen LogP contribution in [-0.4, -0.2) is 32.0 Å². The minimum Gasteiger partial charge on any atom is -0.496 e. The average Bonchev–Trinajstić information content (AvgIpc) is 3.26. The first-order valence-electron chi connectivity index (χ1n) is 9.73. The van der Waals surface area contributed by atoms with Gasteiger partial charge in [0.25, 0.3) is 0 Å². The van der Waals surface area contributed by atoms with Gasteiger partial charge in [-0.15, -0.1) is 0 Å². The molecule has 1 N–H and O–H groups in total. The molecule has 148 valence electrons. The number of benzene rings is 1. The van der Waals surface area contributed by atoms with Crippen molar-refractivity contribution in [1.29, 1.82) is 0 Å². The van der Waals surface area contributed by atoms with Crippen LogP contribution in [0.1, 0.15) is 37.7 Å². The van der Waals surface area contributed by atoms with Gasteiger partial charge in [-0.05, 0) is 60.8 Å². The highest BCUT2D eigenvalue weighted by Crippen LogP contribution is 2.58. The molecule has 0 bridgehead atoms. The summed E-state index contributed by atoms with van der Waals surface area (Å²) in [5.74, 6) is 2.34. The van der Waals surface area contributed by atoms with Crippen LogP contribution >= 0.6 is 0 Å². The molecule has 7 nitrogen and oxygen atoms in total. The van der Waals surface area contributed by atoms with Gasteiger partial charge in [0.15, 0.2) is 11.4 Å². The van der Waals surface area contributed by atoms with Gasteiger partial charge in [0.1, 0.15) is 22.1 Å². The van der Waals surface area contributed by atoms with Crippen molar-refractivity contribution in [2.75, 3.05) is 17.6 Å². The Bertz CT molecular complexity index is 1000. The van der Waals surface area contributed by atoms with Gasteiger partial charge < -0.3 is 9.26 Å².